The summed E-state index contributed by atoms with van der Waals surface area (Å²) in [6.45, 7) is 18.0. The molecule has 3 aromatic carbocycles. The molecule has 3 aromatic rings. The standard InChI is InChI=1S/C40H41BrF2O9/c1-15-12-26(36(42)43)13-16(2)28(15)38(47)52-35-25(11)22(8)31(33(44)32(35)41)40(49)50-27-14-17(3)29(19(5)18(27)4)39(48)51-34-23(9)20(6)30(37(45)46)21(7)24(34)10/h12-14,26,28,36,44H,1-11H3,(H,45,46). The third-order valence-electron chi connectivity index (χ3n) is 10.1. The van der Waals surface area contributed by atoms with Crippen molar-refractivity contribution < 1.29 is 52.4 Å². The van der Waals surface area contributed by atoms with Crippen LogP contribution in [-0.2, 0) is 4.79 Å². The second-order valence-electron chi connectivity index (χ2n) is 13.3. The molecule has 2 N–H and O–H groups in total. The van der Waals surface area contributed by atoms with Crippen LogP contribution in [0.5, 0.6) is 23.0 Å². The number of aromatic hydroxyl groups is 1. The molecule has 0 bridgehead atoms. The number of allylic oxidation sites excluding steroid dienone is 2. The van der Waals surface area contributed by atoms with Gasteiger partial charge in [0, 0.05) is 0 Å². The molecule has 0 aromatic heterocycles. The van der Waals surface area contributed by atoms with Crippen molar-refractivity contribution in [3.63, 3.8) is 0 Å². The fourth-order valence-corrected chi connectivity index (χ4v) is 7.26. The van der Waals surface area contributed by atoms with Gasteiger partial charge in [-0.1, -0.05) is 23.3 Å². The van der Waals surface area contributed by atoms with Gasteiger partial charge >= 0.3 is 23.9 Å². The number of benzene rings is 3. The van der Waals surface area contributed by atoms with Crippen molar-refractivity contribution in [1.82, 2.24) is 0 Å². The molecule has 0 fully saturated rings. The zero-order valence-electron chi connectivity index (χ0n) is 30.9. The molecule has 276 valence electrons. The maximum absolute atomic E-state index is 13.6. The molecule has 0 unspecified atom stereocenters. The number of phenolic OH excluding ortho intramolecular Hbond substituents is 1. The Morgan fingerprint density at radius 3 is 1.62 bits per heavy atom. The van der Waals surface area contributed by atoms with Crippen molar-refractivity contribution in [3.8, 4) is 23.0 Å². The largest absolute Gasteiger partial charge is 0.506 e. The van der Waals surface area contributed by atoms with Crippen LogP contribution in [0.1, 0.15) is 95.0 Å². The quantitative estimate of drug-likeness (QED) is 0.130. The first-order valence-electron chi connectivity index (χ1n) is 16.4. The number of carbonyl (C=O) groups excluding carboxylic acids is 3. The number of alkyl halides is 2. The summed E-state index contributed by atoms with van der Waals surface area (Å²) in [6.07, 6.45) is 0.0501. The lowest BCUT2D eigenvalue weighted by Gasteiger charge is -2.25. The van der Waals surface area contributed by atoms with E-state index < -0.39 is 47.9 Å². The van der Waals surface area contributed by atoms with Crippen LogP contribution in [-0.4, -0.2) is 40.5 Å². The van der Waals surface area contributed by atoms with Gasteiger partial charge in [0.25, 0.3) is 0 Å². The number of halogens is 3. The summed E-state index contributed by atoms with van der Waals surface area (Å²) in [4.78, 5) is 52.4. The molecular weight excluding hydrogens is 742 g/mol. The molecule has 0 saturated carbocycles. The van der Waals surface area contributed by atoms with Crippen LogP contribution in [0, 0.1) is 74.1 Å². The highest BCUT2D eigenvalue weighted by molar-refractivity contribution is 9.10. The molecule has 0 spiro atoms. The molecule has 1 aliphatic rings. The van der Waals surface area contributed by atoms with Gasteiger partial charge in [-0.25, -0.2) is 23.2 Å². The van der Waals surface area contributed by atoms with Crippen LogP contribution in [0.4, 0.5) is 8.78 Å². The van der Waals surface area contributed by atoms with E-state index in [2.05, 4.69) is 15.9 Å². The maximum Gasteiger partial charge on any atom is 0.347 e. The van der Waals surface area contributed by atoms with Crippen LogP contribution < -0.4 is 14.2 Å². The summed E-state index contributed by atoms with van der Waals surface area (Å²) in [7, 11) is 0. The molecule has 12 heteroatoms. The van der Waals surface area contributed by atoms with E-state index in [1.807, 2.05) is 0 Å². The fraction of sp³-hybridized carbons (Fsp3) is 0.350. The summed E-state index contributed by atoms with van der Waals surface area (Å²) < 4.78 is 43.9. The topological polar surface area (TPSA) is 136 Å². The summed E-state index contributed by atoms with van der Waals surface area (Å²) >= 11 is 3.26. The van der Waals surface area contributed by atoms with Gasteiger partial charge in [0.2, 0.25) is 6.43 Å². The van der Waals surface area contributed by atoms with Crippen molar-refractivity contribution in [2.45, 2.75) is 82.6 Å². The number of rotatable bonds is 8. The average molecular weight is 784 g/mol. The van der Waals surface area contributed by atoms with Gasteiger partial charge in [-0.15, -0.1) is 0 Å². The summed E-state index contributed by atoms with van der Waals surface area (Å²) in [5.74, 6) is -5.55. The lowest BCUT2D eigenvalue weighted by molar-refractivity contribution is -0.136. The lowest BCUT2D eigenvalue weighted by Crippen LogP contribution is -2.27. The van der Waals surface area contributed by atoms with Gasteiger partial charge in [0.1, 0.15) is 27.3 Å². The molecule has 0 aliphatic heterocycles. The van der Waals surface area contributed by atoms with Gasteiger partial charge in [-0.05, 0) is 148 Å². The zero-order valence-corrected chi connectivity index (χ0v) is 32.4. The third kappa shape index (κ3) is 7.13. The molecule has 4 rings (SSSR count). The molecule has 9 nitrogen and oxygen atoms in total. The molecule has 0 atom stereocenters. The van der Waals surface area contributed by atoms with E-state index in [4.69, 9.17) is 14.2 Å². The lowest BCUT2D eigenvalue weighted by atomic mass is 9.83. The molecule has 1 aliphatic carbocycles. The highest BCUT2D eigenvalue weighted by atomic mass is 79.9. The van der Waals surface area contributed by atoms with Crippen molar-refractivity contribution in [3.05, 3.63) is 101 Å². The Morgan fingerprint density at radius 2 is 1.12 bits per heavy atom. The minimum atomic E-state index is -2.62. The molecule has 0 heterocycles. The zero-order chi connectivity index (χ0) is 39.3. The predicted molar refractivity (Wildman–Crippen MR) is 194 cm³/mol. The first kappa shape index (κ1) is 39.9. The second-order valence-corrected chi connectivity index (χ2v) is 14.1. The summed E-state index contributed by atoms with van der Waals surface area (Å²) in [5.41, 5.74) is 5.09. The van der Waals surface area contributed by atoms with Crippen molar-refractivity contribution in [2.24, 2.45) is 11.8 Å². The van der Waals surface area contributed by atoms with Gasteiger partial charge in [-0.2, -0.15) is 0 Å². The average Bonchev–Trinajstić information content (AvgIpc) is 3.05. The number of hydrogen-bond donors (Lipinski definition) is 2. The number of carbonyl (C=O) groups is 4. The minimum absolute atomic E-state index is 0.0349. The number of carboxylic acids is 1. The van der Waals surface area contributed by atoms with Crippen molar-refractivity contribution >= 4 is 39.8 Å². The normalized spacial score (nSPS) is 15.6. The molecule has 0 saturated heterocycles. The molecule has 0 radical (unpaired) electrons. The SMILES string of the molecule is CC1=CC(C(F)F)C=C(C)C1C(=O)Oc1c(C)c(C)c(C(=O)Oc2cc(C)c(C(=O)Oc3c(C)c(C)c(C(=O)O)c(C)c3C)c(C)c2C)c(O)c1Br. The van der Waals surface area contributed by atoms with E-state index in [1.54, 1.807) is 76.2 Å². The molecule has 52 heavy (non-hydrogen) atoms. The Balaban J connectivity index is 1.63. The Hall–Kier alpha value is -4.84. The third-order valence-corrected chi connectivity index (χ3v) is 10.8. The van der Waals surface area contributed by atoms with E-state index in [9.17, 15) is 38.2 Å². The van der Waals surface area contributed by atoms with E-state index in [0.717, 1.165) is 0 Å². The van der Waals surface area contributed by atoms with Crippen molar-refractivity contribution in [2.75, 3.05) is 0 Å². The number of hydrogen-bond acceptors (Lipinski definition) is 8. The smallest absolute Gasteiger partial charge is 0.347 e. The fourth-order valence-electron chi connectivity index (χ4n) is 6.68. The van der Waals surface area contributed by atoms with Gasteiger partial charge in [0.05, 0.1) is 23.0 Å². The second kappa shape index (κ2) is 15.0. The minimum Gasteiger partial charge on any atom is -0.506 e. The number of phenols is 1. The van der Waals surface area contributed by atoms with E-state index in [-0.39, 0.29) is 44.0 Å². The Morgan fingerprint density at radius 1 is 0.654 bits per heavy atom. The van der Waals surface area contributed by atoms with Gasteiger partial charge in [-0.3, -0.25) is 4.79 Å². The first-order valence-corrected chi connectivity index (χ1v) is 17.2. The predicted octanol–water partition coefficient (Wildman–Crippen LogP) is 9.38. The van der Waals surface area contributed by atoms with Gasteiger partial charge < -0.3 is 24.4 Å². The van der Waals surface area contributed by atoms with Gasteiger partial charge in [0.15, 0.2) is 5.75 Å². The van der Waals surface area contributed by atoms with Crippen LogP contribution in [0.3, 0.4) is 0 Å². The first-order chi connectivity index (χ1) is 24.1. The number of carboxylic acid groups (broad SMARTS) is 1. The Bertz CT molecular complexity index is 2050. The van der Waals surface area contributed by atoms with Crippen molar-refractivity contribution in [1.29, 1.82) is 0 Å². The van der Waals surface area contributed by atoms with Crippen LogP contribution in [0.2, 0.25) is 0 Å². The summed E-state index contributed by atoms with van der Waals surface area (Å²) in [6, 6.07) is 1.51. The van der Waals surface area contributed by atoms with Crippen LogP contribution in [0.25, 0.3) is 0 Å². The molecule has 0 amide bonds. The monoisotopic (exact) mass is 782 g/mol. The number of ether oxygens (including phenoxy) is 3. The van der Waals surface area contributed by atoms with Crippen LogP contribution in [0.15, 0.2) is 33.8 Å². The van der Waals surface area contributed by atoms with E-state index in [0.29, 0.717) is 55.7 Å². The molecular formula is C40H41BrF2O9. The number of esters is 3. The van der Waals surface area contributed by atoms with Crippen LogP contribution >= 0.6 is 15.9 Å². The summed E-state index contributed by atoms with van der Waals surface area (Å²) in [5, 5.41) is 20.9. The number of aromatic carboxylic acids is 1. The number of aryl methyl sites for hydroxylation is 1. The Labute approximate surface area is 309 Å². The van der Waals surface area contributed by atoms with E-state index >= 15 is 0 Å². The highest BCUT2D eigenvalue weighted by Crippen LogP contribution is 2.44. The van der Waals surface area contributed by atoms with E-state index in [1.165, 1.54) is 18.2 Å². The highest BCUT2D eigenvalue weighted by Gasteiger charge is 2.34. The Kier molecular flexibility index (Phi) is 11.5. The maximum atomic E-state index is 13.6.